The number of terminal acetylenes is 1. The number of halogens is 10. The quantitative estimate of drug-likeness (QED) is 0.0219. The van der Waals surface area contributed by atoms with Crippen LogP contribution < -0.4 is 16.4 Å². The fourth-order valence-electron chi connectivity index (χ4n) is 2.93. The van der Waals surface area contributed by atoms with Crippen molar-refractivity contribution in [2.75, 3.05) is 54.9 Å². The molecule has 0 aromatic rings. The Balaban J connectivity index is -0.0000000714. The third-order valence-electron chi connectivity index (χ3n) is 5.01. The molecular formula is C31H51I10N6O15V2. The van der Waals surface area contributed by atoms with Crippen LogP contribution in [-0.4, -0.2) is 133 Å². The van der Waals surface area contributed by atoms with Crippen LogP contribution >= 0.6 is 218 Å². The number of carbonyl (C=O) groups is 9. The smallest absolute Gasteiger partial charge is 0 e. The van der Waals surface area contributed by atoms with E-state index in [1.165, 1.54) is 35.1 Å². The minimum Gasteiger partial charge on any atom is 0 e. The number of nitrogens with one attached hydrogen (secondary N) is 3. The van der Waals surface area contributed by atoms with Crippen LogP contribution in [0.4, 0.5) is 0 Å². The van der Waals surface area contributed by atoms with Gasteiger partial charge in [-0.25, -0.2) is 26.0 Å². The zero-order chi connectivity index (χ0) is 50.9. The number of amides is 6. The predicted octanol–water partition coefficient (Wildman–Crippen LogP) is 7.21. The van der Waals surface area contributed by atoms with E-state index in [-0.39, 0.29) is 107 Å². The summed E-state index contributed by atoms with van der Waals surface area (Å²) >= 11 is 22.9. The molecule has 0 aromatic carbocycles. The Morgan fingerprint density at radius 1 is 0.828 bits per heavy atom. The van der Waals surface area contributed by atoms with Crippen molar-refractivity contribution in [3.8, 4) is 12.8 Å². The predicted molar refractivity (Wildman–Crippen MR) is 321 cm³/mol. The number of hydrogen-bond acceptors (Lipinski definition) is 17. The molecule has 0 saturated carbocycles. The molecule has 2 saturated heterocycles. The molecule has 5 N–H and O–H groups in total. The molecule has 1 radical (unpaired) electrons. The monoisotopic (exact) mass is 2120 g/mol. The average molecular weight is 2120 g/mol. The molecule has 0 spiro atoms. The summed E-state index contributed by atoms with van der Waals surface area (Å²) in [7, 11) is 4.54. The van der Waals surface area contributed by atoms with Crippen molar-refractivity contribution in [2.45, 2.75) is 45.9 Å². The van der Waals surface area contributed by atoms with Crippen LogP contribution in [0.3, 0.4) is 0 Å². The summed E-state index contributed by atoms with van der Waals surface area (Å²) in [6.45, 7) is -0.392. The summed E-state index contributed by atoms with van der Waals surface area (Å²) in [6, 6.07) is 0. The minimum absolute atomic E-state index is 0. The number of imide groups is 3. The number of Topliss-reactive ketones (excluding diaryl/α,β-unsaturated/α-hetero) is 1. The number of carboxylic acid groups (broad SMARTS) is 1. The topological polar surface area (TPSA) is 277 Å². The van der Waals surface area contributed by atoms with Crippen molar-refractivity contribution in [3.63, 3.8) is 0 Å². The first kappa shape index (κ1) is 84.3. The van der Waals surface area contributed by atoms with Gasteiger partial charge in [0.25, 0.3) is 35.4 Å². The van der Waals surface area contributed by atoms with E-state index >= 15 is 0 Å². The molecule has 0 atom stereocenters. The molecular weight excluding hydrogens is 2070 g/mol. The normalized spacial score (nSPS) is 12.5. The van der Waals surface area contributed by atoms with Crippen LogP contribution in [0.5, 0.6) is 0 Å². The number of carboxylic acids is 1. The van der Waals surface area contributed by atoms with Crippen LogP contribution in [0.25, 0.3) is 0 Å². The first-order valence-electron chi connectivity index (χ1n) is 16.2. The Morgan fingerprint density at radius 2 is 1.14 bits per heavy atom. The van der Waals surface area contributed by atoms with E-state index < -0.39 is 35.6 Å². The minimum atomic E-state index is -0.977. The van der Waals surface area contributed by atoms with E-state index in [1.54, 1.807) is 7.05 Å². The standard InChI is InChI=1S/C10H14N2O4.C7H10N2O5.C4H5NO3.C3H7NO3.C2H2.CHI3.CH2I2.CH3I.CH2I.CH4.3HI.2V/c1-11-16-7-8(13)3-2-6-12-9(14)4-5-10(12)15;1-8-13-4-7(12)14-9-5(10)2-3-6(9)11;6-3-1-2-4(7)5(3)8;1-4-7-2-3(5)6;1-2;2-1(3)4;2-1-3;2*1-2;;;;;;/h4-5,11H,2-3,6-7H2,1H3;8H,2-4H2,1H3;8H,1-2H2;4H,2H2,1H3,(H,5,6);1-2H;1H;1H2;1H3;1H2;1H4;3*1H;;/q;;;;;;;;-1;;;;;;+3/p-2/i;;;;1D;;;;;;;;;;. The second-order valence-electron chi connectivity index (χ2n) is 8.86. The molecule has 0 unspecified atom stereocenters. The molecule has 3 rings (SSSR count). The van der Waals surface area contributed by atoms with E-state index in [2.05, 4.69) is 238 Å². The van der Waals surface area contributed by atoms with Gasteiger partial charge in [0, 0.05) is 90.5 Å². The number of ketones is 1. The summed E-state index contributed by atoms with van der Waals surface area (Å²) in [5.74, 6) is -4.50. The number of hydrogen-bond donors (Lipinski definition) is 5. The second-order valence-corrected chi connectivity index (χ2v) is 59.6. The maximum atomic E-state index is 11.2. The summed E-state index contributed by atoms with van der Waals surface area (Å²) in [5.41, 5.74) is 6.87. The van der Waals surface area contributed by atoms with Gasteiger partial charge in [-0.2, -0.15) is 5.06 Å². The van der Waals surface area contributed by atoms with E-state index in [1.807, 2.05) is 27.5 Å². The molecule has 0 bridgehead atoms. The average Bonchev–Trinajstić information content (AvgIpc) is 3.83. The maximum absolute atomic E-state index is 11.2. The summed E-state index contributed by atoms with van der Waals surface area (Å²) in [6.07, 6.45) is 9.44. The molecule has 0 aromatic heterocycles. The second kappa shape index (κ2) is 66.5. The maximum Gasteiger partial charge on any atom is 0 e. The molecule has 3 aliphatic rings. The van der Waals surface area contributed by atoms with Gasteiger partial charge in [-0.1, -0.05) is 143 Å². The van der Waals surface area contributed by atoms with Gasteiger partial charge in [-0.15, -0.1) is 17.9 Å². The van der Waals surface area contributed by atoms with Crippen molar-refractivity contribution in [2.24, 2.45) is 0 Å². The molecule has 3 aliphatic heterocycles. The van der Waals surface area contributed by atoms with E-state index in [4.69, 9.17) is 16.5 Å². The Labute approximate surface area is 523 Å². The van der Waals surface area contributed by atoms with Gasteiger partial charge in [0.05, 0.1) is 2.43 Å². The summed E-state index contributed by atoms with van der Waals surface area (Å²) in [4.78, 5) is 120. The molecule has 64 heavy (non-hydrogen) atoms. The first-order chi connectivity index (χ1) is 29.6. The van der Waals surface area contributed by atoms with Crippen molar-refractivity contribution in [3.05, 3.63) is 17.1 Å². The van der Waals surface area contributed by atoms with Gasteiger partial charge < -0.3 is 32.5 Å². The summed E-state index contributed by atoms with van der Waals surface area (Å²) < 4.78 is 7.67. The fourth-order valence-corrected chi connectivity index (χ4v) is 2.93. The van der Waals surface area contributed by atoms with E-state index in [9.17, 15) is 43.2 Å². The summed E-state index contributed by atoms with van der Waals surface area (Å²) in [5, 5.41) is 16.9. The van der Waals surface area contributed by atoms with Crippen molar-refractivity contribution in [1.29, 1.82) is 0 Å². The number of aliphatic carboxylic acids is 1. The third-order valence-corrected chi connectivity index (χ3v) is 5.01. The van der Waals surface area contributed by atoms with Crippen molar-refractivity contribution < 1.29 is 99.1 Å². The Bertz CT molecular complexity index is 1320. The zero-order valence-corrected chi connectivity index (χ0v) is 57.9. The van der Waals surface area contributed by atoms with Crippen molar-refractivity contribution in [1.82, 2.24) is 31.5 Å². The SMILES string of the molecule is C.CI.CNOCC(=O)CCCN1C(=O)C=CC1=O.CNOCC(=O)O.CNOCC(=O)ON1C(=O)CCC1=O.IC(I)I.ICI.O=C1CCC(=O)N1O.[2H]C#C.[CH2-]I.[H+].[I][V]([I])[I].[V]. The number of alkyl halides is 6. The molecule has 3 heterocycles. The Hall–Kier alpha value is 3.52. The third kappa shape index (κ3) is 65.5. The Morgan fingerprint density at radius 3 is 1.42 bits per heavy atom. The fraction of sp³-hybridized carbons (Fsp3) is 0.548. The van der Waals surface area contributed by atoms with E-state index in [0.29, 0.717) is 17.9 Å². The van der Waals surface area contributed by atoms with Gasteiger partial charge in [-0.05, 0) is 11.4 Å². The van der Waals surface area contributed by atoms with Crippen LogP contribution in [0.15, 0.2) is 12.2 Å². The first-order valence-corrected chi connectivity index (χ1v) is 39.6. The number of hydroxylamine groups is 7. The number of nitrogens with zero attached hydrogens (tertiary/aromatic N) is 3. The molecule has 33 heteroatoms. The molecule has 375 valence electrons. The molecule has 0 aliphatic carbocycles. The zero-order valence-electron chi connectivity index (χ0n) is 35.5. The van der Waals surface area contributed by atoms with Gasteiger partial charge in [-0.3, -0.25) is 63.1 Å². The number of carbonyl (C=O) groups excluding carboxylic acids is 8. The van der Waals surface area contributed by atoms with Crippen LogP contribution in [0, 0.1) is 17.8 Å². The Kier molecular flexibility index (Phi) is 87.7. The van der Waals surface area contributed by atoms with Crippen molar-refractivity contribution >= 4 is 271 Å². The van der Waals surface area contributed by atoms with Crippen LogP contribution in [0.2, 0.25) is 0 Å². The van der Waals surface area contributed by atoms with Gasteiger partial charge >= 0.3 is 78.2 Å². The number of rotatable bonds is 14. The van der Waals surface area contributed by atoms with Crippen LogP contribution in [0.1, 0.15) is 48.7 Å². The van der Waals surface area contributed by atoms with Gasteiger partial charge in [0.1, 0.15) is 7.92 Å². The molecule has 2 fully saturated rings. The van der Waals surface area contributed by atoms with Gasteiger partial charge in [0.2, 0.25) is 0 Å². The molecule has 21 nitrogen and oxygen atoms in total. The van der Waals surface area contributed by atoms with E-state index in [0.717, 1.165) is 4.84 Å². The van der Waals surface area contributed by atoms with Crippen LogP contribution in [-0.2, 0) is 86.0 Å². The van der Waals surface area contributed by atoms with Gasteiger partial charge in [0.15, 0.2) is 19.0 Å². The molecule has 6 amide bonds. The largest absolute Gasteiger partial charge is 0 e.